The Labute approximate surface area is 173 Å². The summed E-state index contributed by atoms with van der Waals surface area (Å²) in [5.41, 5.74) is -1.13. The summed E-state index contributed by atoms with van der Waals surface area (Å²) in [6, 6.07) is 7.08. The van der Waals surface area contributed by atoms with Crippen LogP contribution in [-0.2, 0) is 20.9 Å². The average Bonchev–Trinajstić information content (AvgIpc) is 3.15. The second-order valence-electron chi connectivity index (χ2n) is 6.29. The lowest BCUT2D eigenvalue weighted by Gasteiger charge is -2.12. The molecule has 0 saturated carbocycles. The number of carbonyl (C=O) groups is 1. The molecule has 1 N–H and O–H groups in total. The van der Waals surface area contributed by atoms with Crippen LogP contribution in [0.3, 0.4) is 0 Å². The SMILES string of the molecule is COC(=O)c1oc(S(=O)(=O)Nc2ccc(C(F)(F)F)cc2C)nc1-c1ccc(F)cc1. The summed E-state index contributed by atoms with van der Waals surface area (Å²) in [7, 11) is -3.50. The number of benzene rings is 2. The van der Waals surface area contributed by atoms with E-state index in [2.05, 4.69) is 14.4 Å². The van der Waals surface area contributed by atoms with E-state index >= 15 is 0 Å². The highest BCUT2D eigenvalue weighted by Gasteiger charge is 2.32. The normalized spacial score (nSPS) is 11.9. The van der Waals surface area contributed by atoms with Gasteiger partial charge in [0.25, 0.3) is 0 Å². The highest BCUT2D eigenvalue weighted by molar-refractivity contribution is 7.92. The van der Waals surface area contributed by atoms with Gasteiger partial charge in [-0.05, 0) is 55.0 Å². The molecule has 0 bridgehead atoms. The number of hydrogen-bond acceptors (Lipinski definition) is 6. The zero-order valence-corrected chi connectivity index (χ0v) is 16.8. The first-order chi connectivity index (χ1) is 14.4. The summed E-state index contributed by atoms with van der Waals surface area (Å²) < 4.78 is 88.8. The third-order valence-corrected chi connectivity index (χ3v) is 5.25. The quantitative estimate of drug-likeness (QED) is 0.450. The Morgan fingerprint density at radius 2 is 1.77 bits per heavy atom. The van der Waals surface area contributed by atoms with Gasteiger partial charge >= 0.3 is 27.4 Å². The number of methoxy groups -OCH3 is 1. The van der Waals surface area contributed by atoms with E-state index in [1.165, 1.54) is 19.1 Å². The van der Waals surface area contributed by atoms with Crippen LogP contribution in [0.4, 0.5) is 23.2 Å². The standard InChI is InChI=1S/C19H14F4N2O5S/c1-10-9-12(19(21,22)23)5-8-14(10)25-31(27,28)18-24-15(16(30-18)17(26)29-2)11-3-6-13(20)7-4-11/h3-9,25H,1-2H3. The number of aromatic nitrogens is 1. The summed E-state index contributed by atoms with van der Waals surface area (Å²) in [5, 5.41) is -0.925. The minimum atomic E-state index is -4.59. The van der Waals surface area contributed by atoms with Crippen molar-refractivity contribution in [2.24, 2.45) is 0 Å². The van der Waals surface area contributed by atoms with Gasteiger partial charge < -0.3 is 9.15 Å². The molecule has 0 aliphatic rings. The van der Waals surface area contributed by atoms with Crippen molar-refractivity contribution in [1.29, 1.82) is 0 Å². The number of nitrogens with one attached hydrogen (secondary N) is 1. The molecule has 0 fully saturated rings. The molecular weight excluding hydrogens is 444 g/mol. The van der Waals surface area contributed by atoms with Gasteiger partial charge in [-0.15, -0.1) is 0 Å². The Morgan fingerprint density at radius 3 is 2.32 bits per heavy atom. The Kier molecular flexibility index (Phi) is 5.77. The monoisotopic (exact) mass is 458 g/mol. The molecule has 0 aliphatic heterocycles. The number of sulfonamides is 1. The number of rotatable bonds is 5. The van der Waals surface area contributed by atoms with Crippen molar-refractivity contribution in [3.05, 3.63) is 65.2 Å². The number of aryl methyl sites for hydroxylation is 1. The molecular formula is C19H14F4N2O5S. The van der Waals surface area contributed by atoms with E-state index < -0.39 is 44.5 Å². The smallest absolute Gasteiger partial charge is 0.416 e. The van der Waals surface area contributed by atoms with E-state index in [0.29, 0.717) is 6.07 Å². The number of ether oxygens (including phenoxy) is 1. The van der Waals surface area contributed by atoms with E-state index in [1.54, 1.807) is 0 Å². The maximum Gasteiger partial charge on any atom is 0.416 e. The lowest BCUT2D eigenvalue weighted by Crippen LogP contribution is -2.15. The van der Waals surface area contributed by atoms with Crippen molar-refractivity contribution in [3.63, 3.8) is 0 Å². The fraction of sp³-hybridized carbons (Fsp3) is 0.158. The van der Waals surface area contributed by atoms with Crippen LogP contribution >= 0.6 is 0 Å². The fourth-order valence-electron chi connectivity index (χ4n) is 2.59. The van der Waals surface area contributed by atoms with Crippen LogP contribution in [0.25, 0.3) is 11.3 Å². The van der Waals surface area contributed by atoms with Crippen molar-refractivity contribution < 1.29 is 39.9 Å². The van der Waals surface area contributed by atoms with Gasteiger partial charge in [-0.1, -0.05) is 0 Å². The predicted molar refractivity (Wildman–Crippen MR) is 100 cm³/mol. The van der Waals surface area contributed by atoms with Crippen LogP contribution in [0, 0.1) is 12.7 Å². The van der Waals surface area contributed by atoms with Gasteiger partial charge in [0, 0.05) is 5.56 Å². The number of anilines is 1. The topological polar surface area (TPSA) is 98.5 Å². The Balaban J connectivity index is 2.02. The van der Waals surface area contributed by atoms with Crippen LogP contribution in [-0.4, -0.2) is 26.5 Å². The van der Waals surface area contributed by atoms with Crippen molar-refractivity contribution in [2.75, 3.05) is 11.8 Å². The molecule has 31 heavy (non-hydrogen) atoms. The second kappa shape index (κ2) is 8.02. The zero-order chi connectivity index (χ0) is 23.0. The molecule has 0 unspecified atom stereocenters. The maximum absolute atomic E-state index is 13.2. The second-order valence-corrected chi connectivity index (χ2v) is 7.85. The van der Waals surface area contributed by atoms with Gasteiger partial charge in [0.15, 0.2) is 0 Å². The Morgan fingerprint density at radius 1 is 1.13 bits per heavy atom. The van der Waals surface area contributed by atoms with Crippen LogP contribution in [0.15, 0.2) is 52.1 Å². The van der Waals surface area contributed by atoms with E-state index in [1.807, 2.05) is 0 Å². The van der Waals surface area contributed by atoms with Crippen LogP contribution in [0.2, 0.25) is 0 Å². The summed E-state index contributed by atoms with van der Waals surface area (Å²) in [5.74, 6) is -2.14. The minimum absolute atomic E-state index is 0.00287. The number of nitrogens with zero attached hydrogens (tertiary/aromatic N) is 1. The van der Waals surface area contributed by atoms with Crippen molar-refractivity contribution >= 4 is 21.7 Å². The van der Waals surface area contributed by atoms with Crippen molar-refractivity contribution in [3.8, 4) is 11.3 Å². The van der Waals surface area contributed by atoms with E-state index in [-0.39, 0.29) is 22.5 Å². The van der Waals surface area contributed by atoms with Gasteiger partial charge in [0.05, 0.1) is 18.4 Å². The highest BCUT2D eigenvalue weighted by Crippen LogP contribution is 2.33. The lowest BCUT2D eigenvalue weighted by atomic mass is 10.1. The molecule has 0 radical (unpaired) electrons. The number of carbonyl (C=O) groups excluding carboxylic acids is 1. The molecule has 0 saturated heterocycles. The molecule has 1 aromatic heterocycles. The first-order valence-corrected chi connectivity index (χ1v) is 9.96. The molecule has 1 heterocycles. The van der Waals surface area contributed by atoms with Crippen LogP contribution in [0.5, 0.6) is 0 Å². The first-order valence-electron chi connectivity index (χ1n) is 8.48. The van der Waals surface area contributed by atoms with Crippen LogP contribution in [0.1, 0.15) is 21.7 Å². The molecule has 7 nitrogen and oxygen atoms in total. The van der Waals surface area contributed by atoms with E-state index in [4.69, 9.17) is 4.42 Å². The molecule has 0 amide bonds. The van der Waals surface area contributed by atoms with Gasteiger partial charge in [-0.25, -0.2) is 9.18 Å². The molecule has 3 rings (SSSR count). The molecule has 2 aromatic carbocycles. The molecule has 0 spiro atoms. The summed E-state index contributed by atoms with van der Waals surface area (Å²) in [4.78, 5) is 15.8. The van der Waals surface area contributed by atoms with Gasteiger partial charge in [-0.3, -0.25) is 4.72 Å². The third kappa shape index (κ3) is 4.68. The zero-order valence-electron chi connectivity index (χ0n) is 16.0. The number of alkyl halides is 3. The van der Waals surface area contributed by atoms with E-state index in [0.717, 1.165) is 31.4 Å². The summed E-state index contributed by atoms with van der Waals surface area (Å²) in [6.45, 7) is 1.28. The van der Waals surface area contributed by atoms with Crippen molar-refractivity contribution in [1.82, 2.24) is 4.98 Å². The fourth-order valence-corrected chi connectivity index (χ4v) is 3.60. The van der Waals surface area contributed by atoms with Crippen LogP contribution < -0.4 is 4.72 Å². The Hall–Kier alpha value is -3.41. The van der Waals surface area contributed by atoms with Gasteiger partial charge in [-0.2, -0.15) is 26.6 Å². The van der Waals surface area contributed by atoms with E-state index in [9.17, 15) is 30.8 Å². The first kappa shape index (κ1) is 22.3. The third-order valence-electron chi connectivity index (χ3n) is 4.12. The predicted octanol–water partition coefficient (Wildman–Crippen LogP) is 4.40. The average molecular weight is 458 g/mol. The Bertz CT molecular complexity index is 1240. The molecule has 0 atom stereocenters. The van der Waals surface area contributed by atoms with Gasteiger partial charge in [0.1, 0.15) is 11.5 Å². The maximum atomic E-state index is 13.2. The number of esters is 1. The lowest BCUT2D eigenvalue weighted by molar-refractivity contribution is -0.137. The molecule has 0 aliphatic carbocycles. The number of hydrogen-bond donors (Lipinski definition) is 1. The molecule has 12 heteroatoms. The van der Waals surface area contributed by atoms with Crippen molar-refractivity contribution in [2.45, 2.75) is 18.3 Å². The highest BCUT2D eigenvalue weighted by atomic mass is 32.2. The minimum Gasteiger partial charge on any atom is -0.463 e. The molecule has 164 valence electrons. The van der Waals surface area contributed by atoms with Gasteiger partial charge in [0.2, 0.25) is 5.76 Å². The summed E-state index contributed by atoms with van der Waals surface area (Å²) >= 11 is 0. The largest absolute Gasteiger partial charge is 0.463 e. The number of halogens is 4. The summed E-state index contributed by atoms with van der Waals surface area (Å²) in [6.07, 6.45) is -4.59. The number of oxazole rings is 1. The molecule has 3 aromatic rings.